The van der Waals surface area contributed by atoms with Crippen LogP contribution in [0.1, 0.15) is 125 Å². The number of benzene rings is 13. The summed E-state index contributed by atoms with van der Waals surface area (Å²) in [5, 5.41) is 112. The summed E-state index contributed by atoms with van der Waals surface area (Å²) in [7, 11) is 0. The summed E-state index contributed by atoms with van der Waals surface area (Å²) < 4.78 is 0. The first-order valence-corrected chi connectivity index (χ1v) is 36.8. The summed E-state index contributed by atoms with van der Waals surface area (Å²) in [5.41, 5.74) is 17.8. The molecule has 0 aliphatic rings. The van der Waals surface area contributed by atoms with Crippen molar-refractivity contribution in [3.05, 3.63) is 394 Å². The monoisotopic (exact) mass is 1760 g/mol. The average molecular weight is 1760 g/mol. The Morgan fingerprint density at radius 2 is 0.331 bits per heavy atom. The van der Waals surface area contributed by atoms with Crippen molar-refractivity contribution in [3.63, 3.8) is 0 Å². The largest absolute Gasteiger partial charge is 0.478 e. The molecule has 0 aromatic heterocycles. The lowest BCUT2D eigenvalue weighted by Crippen LogP contribution is -2.01. The molecule has 32 heteroatoms. The highest BCUT2D eigenvalue weighted by Gasteiger charge is 2.16. The van der Waals surface area contributed by atoms with Crippen LogP contribution in [-0.2, 0) is 38.4 Å². The zero-order valence-electron chi connectivity index (χ0n) is 67.7. The van der Waals surface area contributed by atoms with Crippen molar-refractivity contribution >= 4 is 96.1 Å². The zero-order valence-corrected chi connectivity index (χ0v) is 67.7. The molecule has 13 aromatic carbocycles. The average Bonchev–Trinajstić information content (AvgIpc) is 0.803. The minimum atomic E-state index is -1.26. The molecule has 656 valence electrons. The number of carboxylic acid groups (broad SMARTS) is 13. The Bertz CT molecular complexity index is 5950. The highest BCUT2D eigenvalue weighted by molar-refractivity contribution is 5.97. The number of hydrogen-bond donors (Lipinski definition) is 13. The summed E-state index contributed by atoms with van der Waals surface area (Å²) in [6.45, 7) is 4.02. The van der Waals surface area contributed by atoms with Gasteiger partial charge < -0.3 is 66.4 Å². The number of carbonyl (C=O) groups excluding carboxylic acids is 6. The normalized spacial score (nSPS) is 9.55. The van der Waals surface area contributed by atoms with E-state index in [1.54, 1.807) is 152 Å². The second-order valence-corrected chi connectivity index (χ2v) is 25.8. The van der Waals surface area contributed by atoms with E-state index in [4.69, 9.17) is 95.2 Å². The second kappa shape index (κ2) is 52.9. The molecule has 0 saturated carbocycles. The van der Waals surface area contributed by atoms with Gasteiger partial charge in [-0.3, -0.25) is 0 Å². The van der Waals surface area contributed by atoms with Crippen molar-refractivity contribution in [1.82, 2.24) is 0 Å². The highest BCUT2D eigenvalue weighted by atomic mass is 16.4. The SMILES string of the molecule is Cc1cc(-c2ccc(C(=O)O)cc2)c(C)cc1-c1ccc(C(=O)O)cc1.O=C(O)/C=C/C(=O)O.O=C(O)c1ccc(-c2cc(-c3ccccc3)cc(-c3ccc(C(=O)O)cc3)c2)cc1.O=C(O)c1ccc(-c2ccc(-c3ccc(C(=O)O)cc3)cc2)cc1.O=C(O)c1ccc(C(=O)O)cc1.O=C(O)c1cccc(C(=O)O)c1.O=C(O)c1ccccc1.O=C=O.O=C=O.O=C=O. The fourth-order valence-corrected chi connectivity index (χ4v) is 11.1. The Morgan fingerprint density at radius 1 is 0.177 bits per heavy atom. The van der Waals surface area contributed by atoms with Crippen molar-refractivity contribution < 1.29 is 157 Å². The van der Waals surface area contributed by atoms with E-state index >= 15 is 0 Å². The number of hydrogen-bond acceptors (Lipinski definition) is 19. The number of aliphatic carboxylic acids is 2. The summed E-state index contributed by atoms with van der Waals surface area (Å²) in [6.07, 6.45) is 1.87. The standard InChI is InChI=1S/C26H18O4.C22H18O4.C20H14O4.2C8H6O4.C7H6O2.C4H4O4.3CO2/c27-25(28)20-10-6-18(7-11-20)23-14-22(17-4-2-1-3-5-17)15-24(16-23)19-8-12-21(13-9-19)26(29)30;1-13-11-20(16-5-9-18(10-6-16)22(25)26)14(2)12-19(13)15-3-7-17(8-4-15)21(23)24;21-19(22)17-9-5-15(6-10-17)13-1-2-14(4-3-13)16-7-11-18(12-8-16)20(23)24;9-7(10)5-1-2-6(4-3-5)8(11)12;9-7(10)5-2-1-3-6(4-5)8(11)12;8-7(9)6-4-2-1-3-5-6;5-3(6)1-2-4(7)8;3*2-1-3/h1-16H,(H,27,28)(H,29,30);3-12H,1-2H3,(H,23,24)(H,25,26);1-12H,(H,21,22)(H,23,24);2*1-4H,(H,9,10)(H,11,12);1-5H,(H,8,9);1-2H,(H,5,6)(H,7,8);;;/b;;;;;;2-1+;;;. The second-order valence-electron chi connectivity index (χ2n) is 25.8. The molecule has 13 aromatic rings. The first kappa shape index (κ1) is 103. The van der Waals surface area contributed by atoms with Gasteiger partial charge in [-0.25, -0.2) is 62.3 Å². The minimum Gasteiger partial charge on any atom is -0.478 e. The number of carbonyl (C=O) groups is 13. The van der Waals surface area contributed by atoms with Crippen LogP contribution >= 0.6 is 0 Å². The van der Waals surface area contributed by atoms with Gasteiger partial charge in [-0.15, -0.1) is 0 Å². The van der Waals surface area contributed by atoms with E-state index in [0.717, 1.165) is 95.1 Å². The van der Waals surface area contributed by atoms with Crippen LogP contribution in [0.4, 0.5) is 0 Å². The van der Waals surface area contributed by atoms with Crippen molar-refractivity contribution in [2.24, 2.45) is 0 Å². The lowest BCUT2D eigenvalue weighted by molar-refractivity contribution is -0.193. The van der Waals surface area contributed by atoms with Gasteiger partial charge in [0.05, 0.1) is 61.2 Å². The first-order chi connectivity index (χ1) is 61.8. The van der Waals surface area contributed by atoms with E-state index in [2.05, 4.69) is 24.3 Å². The fraction of sp³-hybridized carbons (Fsp3) is 0.0204. The number of rotatable bonds is 20. The molecule has 32 nitrogen and oxygen atoms in total. The van der Waals surface area contributed by atoms with Crippen LogP contribution in [0.5, 0.6) is 0 Å². The number of aryl methyl sites for hydroxylation is 2. The molecule has 0 fully saturated rings. The predicted molar refractivity (Wildman–Crippen MR) is 462 cm³/mol. The molecule has 0 aliphatic heterocycles. The molecule has 13 N–H and O–H groups in total. The Hall–Kier alpha value is -19.2. The molecule has 130 heavy (non-hydrogen) atoms. The summed E-state index contributed by atoms with van der Waals surface area (Å²) in [6, 6.07) is 87.3. The van der Waals surface area contributed by atoms with Crippen LogP contribution in [0.2, 0.25) is 0 Å². The fourth-order valence-electron chi connectivity index (χ4n) is 11.1. The van der Waals surface area contributed by atoms with E-state index in [0.29, 0.717) is 17.7 Å². The van der Waals surface area contributed by atoms with E-state index in [1.165, 1.54) is 42.5 Å². The van der Waals surface area contributed by atoms with Crippen LogP contribution in [0, 0.1) is 13.8 Å². The number of carboxylic acids is 13. The molecule has 0 heterocycles. The third-order valence-electron chi connectivity index (χ3n) is 17.4. The molecule has 0 bridgehead atoms. The van der Waals surface area contributed by atoms with E-state index in [1.807, 2.05) is 98.8 Å². The molecule has 0 saturated heterocycles. The third-order valence-corrected chi connectivity index (χ3v) is 17.4. The predicted octanol–water partition coefficient (Wildman–Crippen LogP) is 17.0. The van der Waals surface area contributed by atoms with Gasteiger partial charge in [-0.1, -0.05) is 164 Å². The molecule has 0 unspecified atom stereocenters. The van der Waals surface area contributed by atoms with Gasteiger partial charge in [-0.05, 0) is 248 Å². The van der Waals surface area contributed by atoms with E-state index in [9.17, 15) is 62.3 Å². The van der Waals surface area contributed by atoms with Crippen LogP contribution in [0.15, 0.2) is 322 Å². The Labute approximate surface area is 735 Å². The van der Waals surface area contributed by atoms with E-state index < -0.39 is 77.6 Å². The Balaban J connectivity index is 0.000000326. The van der Waals surface area contributed by atoms with Crippen molar-refractivity contribution in [3.8, 4) is 77.9 Å². The molecule has 0 aliphatic carbocycles. The van der Waals surface area contributed by atoms with Crippen molar-refractivity contribution in [2.45, 2.75) is 13.8 Å². The van der Waals surface area contributed by atoms with Gasteiger partial charge in [0.2, 0.25) is 0 Å². The molecule has 13 rings (SSSR count). The first-order valence-electron chi connectivity index (χ1n) is 36.8. The summed E-state index contributed by atoms with van der Waals surface area (Å²) in [5.74, 6) is -13.5. The maximum Gasteiger partial charge on any atom is 0.373 e. The van der Waals surface area contributed by atoms with E-state index in [-0.39, 0.29) is 74.1 Å². The van der Waals surface area contributed by atoms with Crippen molar-refractivity contribution in [1.29, 1.82) is 0 Å². The Morgan fingerprint density at radius 3 is 0.523 bits per heavy atom. The lowest BCUT2D eigenvalue weighted by Gasteiger charge is -2.13. The molecule has 0 atom stereocenters. The molecular formula is C98H72O32. The van der Waals surface area contributed by atoms with Gasteiger partial charge in [0.1, 0.15) is 0 Å². The minimum absolute atomic E-state index is 0.0186. The molecule has 0 radical (unpaired) electrons. The molecule has 0 amide bonds. The van der Waals surface area contributed by atoms with Crippen LogP contribution in [0.3, 0.4) is 0 Å². The maximum atomic E-state index is 11.2. The van der Waals surface area contributed by atoms with Gasteiger partial charge in [0.15, 0.2) is 0 Å². The smallest absolute Gasteiger partial charge is 0.373 e. The Kier molecular flexibility index (Phi) is 42.0. The summed E-state index contributed by atoms with van der Waals surface area (Å²) >= 11 is 0. The van der Waals surface area contributed by atoms with Gasteiger partial charge in [-0.2, -0.15) is 28.8 Å². The summed E-state index contributed by atoms with van der Waals surface area (Å²) in [4.78, 5) is 186. The lowest BCUT2D eigenvalue weighted by atomic mass is 9.91. The van der Waals surface area contributed by atoms with Crippen LogP contribution < -0.4 is 0 Å². The van der Waals surface area contributed by atoms with Gasteiger partial charge in [0, 0.05) is 12.2 Å². The topological polar surface area (TPSA) is 587 Å². The van der Waals surface area contributed by atoms with Crippen LogP contribution in [0.25, 0.3) is 77.9 Å². The maximum absolute atomic E-state index is 11.2. The van der Waals surface area contributed by atoms with Crippen molar-refractivity contribution in [2.75, 3.05) is 0 Å². The van der Waals surface area contributed by atoms with Gasteiger partial charge in [0.25, 0.3) is 0 Å². The van der Waals surface area contributed by atoms with Gasteiger partial charge >= 0.3 is 96.1 Å². The molecule has 0 spiro atoms. The number of aromatic carboxylic acids is 11. The highest BCUT2D eigenvalue weighted by Crippen LogP contribution is 2.35. The zero-order chi connectivity index (χ0) is 96.7. The quantitative estimate of drug-likeness (QED) is 0.0315. The molecular weight excluding hydrogens is 1690 g/mol. The third kappa shape index (κ3) is 34.4. The van der Waals surface area contributed by atoms with Crippen LogP contribution in [-0.4, -0.2) is 162 Å².